The van der Waals surface area contributed by atoms with Crippen molar-refractivity contribution in [2.45, 2.75) is 12.1 Å². The fraction of sp³-hybridized carbons (Fsp3) is 0.238. The number of amides is 1. The molecule has 0 radical (unpaired) electrons. The van der Waals surface area contributed by atoms with Crippen LogP contribution >= 0.6 is 11.8 Å². The van der Waals surface area contributed by atoms with E-state index in [0.29, 0.717) is 18.9 Å². The van der Waals surface area contributed by atoms with Crippen molar-refractivity contribution in [3.63, 3.8) is 0 Å². The second-order valence-electron chi connectivity index (χ2n) is 6.03. The Kier molecular flexibility index (Phi) is 6.97. The summed E-state index contributed by atoms with van der Waals surface area (Å²) in [6.45, 7) is 2.90. The monoisotopic (exact) mass is 397 g/mol. The predicted octanol–water partition coefficient (Wildman–Crippen LogP) is 3.48. The minimum atomic E-state index is -0.0531. The Morgan fingerprint density at radius 1 is 1.14 bits per heavy atom. The average molecular weight is 398 g/mol. The van der Waals surface area contributed by atoms with E-state index in [4.69, 9.17) is 9.47 Å². The molecule has 146 valence electrons. The normalized spacial score (nSPS) is 10.5. The molecule has 3 aromatic rings. The summed E-state index contributed by atoms with van der Waals surface area (Å²) >= 11 is 1.41. The van der Waals surface area contributed by atoms with Crippen LogP contribution in [0.3, 0.4) is 0 Å². The number of para-hydroxylation sites is 1. The number of nitrogens with one attached hydrogen (secondary N) is 1. The number of aromatic nitrogens is 2. The molecule has 0 aliphatic rings. The van der Waals surface area contributed by atoms with Crippen LogP contribution < -0.4 is 14.8 Å². The Labute approximate surface area is 168 Å². The van der Waals surface area contributed by atoms with Gasteiger partial charge in [-0.3, -0.25) is 9.36 Å². The lowest BCUT2D eigenvalue weighted by Crippen LogP contribution is -2.29. The minimum absolute atomic E-state index is 0.0531. The lowest BCUT2D eigenvalue weighted by atomic mass is 10.2. The van der Waals surface area contributed by atoms with E-state index in [1.165, 1.54) is 11.8 Å². The molecule has 3 rings (SSSR count). The molecular weight excluding hydrogens is 374 g/mol. The fourth-order valence-electron chi connectivity index (χ4n) is 2.63. The fourth-order valence-corrected chi connectivity index (χ4v) is 3.42. The predicted molar refractivity (Wildman–Crippen MR) is 111 cm³/mol. The number of rotatable bonds is 9. The molecule has 1 N–H and O–H groups in total. The molecule has 0 unspecified atom stereocenters. The summed E-state index contributed by atoms with van der Waals surface area (Å²) < 4.78 is 12.7. The van der Waals surface area contributed by atoms with Gasteiger partial charge in [0.25, 0.3) is 0 Å². The van der Waals surface area contributed by atoms with Crippen LogP contribution in [0, 0.1) is 6.92 Å². The van der Waals surface area contributed by atoms with Crippen LogP contribution in [0.1, 0.15) is 5.56 Å². The van der Waals surface area contributed by atoms with Gasteiger partial charge < -0.3 is 14.8 Å². The molecule has 1 heterocycles. The first-order valence-electron chi connectivity index (χ1n) is 8.93. The summed E-state index contributed by atoms with van der Waals surface area (Å²) in [5, 5.41) is 3.65. The zero-order valence-electron chi connectivity index (χ0n) is 15.9. The van der Waals surface area contributed by atoms with E-state index in [9.17, 15) is 4.79 Å². The van der Waals surface area contributed by atoms with Crippen LogP contribution in [0.2, 0.25) is 0 Å². The number of nitrogens with zero attached hydrogens (tertiary/aromatic N) is 2. The maximum absolute atomic E-state index is 12.1. The van der Waals surface area contributed by atoms with Crippen LogP contribution in [-0.2, 0) is 4.79 Å². The standard InChI is InChI=1S/C21H23N3O3S/c1-16-5-3-4-6-19(16)24-13-11-23-21(24)28-15-20(25)22-12-14-27-18-9-7-17(26-2)8-10-18/h3-11,13H,12,14-15H2,1-2H3,(H,22,25). The number of imidazole rings is 1. The highest BCUT2D eigenvalue weighted by Gasteiger charge is 2.10. The molecule has 0 aliphatic heterocycles. The number of hydrogen-bond acceptors (Lipinski definition) is 5. The first kappa shape index (κ1) is 19.8. The van der Waals surface area contributed by atoms with E-state index < -0.39 is 0 Å². The van der Waals surface area contributed by atoms with Gasteiger partial charge >= 0.3 is 0 Å². The topological polar surface area (TPSA) is 65.4 Å². The Balaban J connectivity index is 1.43. The highest BCUT2D eigenvalue weighted by atomic mass is 32.2. The van der Waals surface area contributed by atoms with Crippen LogP contribution in [0.25, 0.3) is 5.69 Å². The van der Waals surface area contributed by atoms with Gasteiger partial charge in [-0.15, -0.1) is 0 Å². The van der Waals surface area contributed by atoms with Crippen molar-refractivity contribution in [1.82, 2.24) is 14.9 Å². The minimum Gasteiger partial charge on any atom is -0.497 e. The van der Waals surface area contributed by atoms with Crippen molar-refractivity contribution in [3.8, 4) is 17.2 Å². The molecule has 7 heteroatoms. The lowest BCUT2D eigenvalue weighted by molar-refractivity contribution is -0.118. The largest absolute Gasteiger partial charge is 0.497 e. The van der Waals surface area contributed by atoms with Gasteiger partial charge in [-0.1, -0.05) is 30.0 Å². The molecule has 28 heavy (non-hydrogen) atoms. The van der Waals surface area contributed by atoms with Crippen LogP contribution in [-0.4, -0.2) is 41.5 Å². The summed E-state index contributed by atoms with van der Waals surface area (Å²) in [5.41, 5.74) is 2.22. The Morgan fingerprint density at radius 3 is 2.64 bits per heavy atom. The van der Waals surface area contributed by atoms with Crippen LogP contribution in [0.15, 0.2) is 66.1 Å². The number of carbonyl (C=O) groups excluding carboxylic acids is 1. The Hall–Kier alpha value is -2.93. The Bertz CT molecular complexity index is 909. The number of aryl methyl sites for hydroxylation is 1. The highest BCUT2D eigenvalue weighted by molar-refractivity contribution is 7.99. The lowest BCUT2D eigenvalue weighted by Gasteiger charge is -2.10. The molecule has 2 aromatic carbocycles. The third kappa shape index (κ3) is 5.29. The molecule has 0 fully saturated rings. The first-order chi connectivity index (χ1) is 13.7. The third-order valence-corrected chi connectivity index (χ3v) is 5.03. The van der Waals surface area contributed by atoms with Crippen molar-refractivity contribution >= 4 is 17.7 Å². The van der Waals surface area contributed by atoms with Crippen molar-refractivity contribution < 1.29 is 14.3 Å². The highest BCUT2D eigenvalue weighted by Crippen LogP contribution is 2.22. The van der Waals surface area contributed by atoms with Gasteiger partial charge in [0, 0.05) is 12.4 Å². The van der Waals surface area contributed by atoms with Crippen molar-refractivity contribution in [2.24, 2.45) is 0 Å². The van der Waals surface area contributed by atoms with Gasteiger partial charge in [0.05, 0.1) is 25.1 Å². The van der Waals surface area contributed by atoms with Gasteiger partial charge in [-0.05, 0) is 42.8 Å². The third-order valence-electron chi connectivity index (χ3n) is 4.07. The van der Waals surface area contributed by atoms with Crippen molar-refractivity contribution in [1.29, 1.82) is 0 Å². The Morgan fingerprint density at radius 2 is 1.89 bits per heavy atom. The van der Waals surface area contributed by atoms with Crippen molar-refractivity contribution in [2.75, 3.05) is 26.0 Å². The first-order valence-corrected chi connectivity index (χ1v) is 9.91. The number of thioether (sulfide) groups is 1. The number of carbonyl (C=O) groups is 1. The quantitative estimate of drug-likeness (QED) is 0.442. The van der Waals surface area contributed by atoms with Crippen LogP contribution in [0.4, 0.5) is 0 Å². The van der Waals surface area contributed by atoms with E-state index in [1.807, 2.05) is 53.2 Å². The van der Waals surface area contributed by atoms with E-state index in [-0.39, 0.29) is 5.91 Å². The van der Waals surface area contributed by atoms with Gasteiger partial charge in [0.1, 0.15) is 18.1 Å². The van der Waals surface area contributed by atoms with E-state index >= 15 is 0 Å². The molecule has 1 amide bonds. The maximum Gasteiger partial charge on any atom is 0.230 e. The van der Waals surface area contributed by atoms with Gasteiger partial charge in [0.2, 0.25) is 5.91 Å². The second-order valence-corrected chi connectivity index (χ2v) is 6.97. The van der Waals surface area contributed by atoms with Gasteiger partial charge in [0.15, 0.2) is 5.16 Å². The zero-order valence-corrected chi connectivity index (χ0v) is 16.7. The molecule has 6 nitrogen and oxygen atoms in total. The molecule has 0 saturated heterocycles. The molecule has 0 atom stereocenters. The zero-order chi connectivity index (χ0) is 19.8. The SMILES string of the molecule is COc1ccc(OCCNC(=O)CSc2nccn2-c2ccccc2C)cc1. The molecule has 1 aromatic heterocycles. The number of hydrogen-bond donors (Lipinski definition) is 1. The molecule has 0 saturated carbocycles. The molecular formula is C21H23N3O3S. The van der Waals surface area contributed by atoms with Crippen LogP contribution in [0.5, 0.6) is 11.5 Å². The summed E-state index contributed by atoms with van der Waals surface area (Å²) in [4.78, 5) is 16.5. The maximum atomic E-state index is 12.1. The summed E-state index contributed by atoms with van der Waals surface area (Å²) in [5.74, 6) is 1.76. The van der Waals surface area contributed by atoms with Gasteiger partial charge in [-0.25, -0.2) is 4.98 Å². The summed E-state index contributed by atoms with van der Waals surface area (Å²) in [7, 11) is 1.62. The van der Waals surface area contributed by atoms with Gasteiger partial charge in [-0.2, -0.15) is 0 Å². The summed E-state index contributed by atoms with van der Waals surface area (Å²) in [6.07, 6.45) is 3.65. The van der Waals surface area contributed by atoms with E-state index in [0.717, 1.165) is 27.9 Å². The number of methoxy groups -OCH3 is 1. The second kappa shape index (κ2) is 9.85. The van der Waals surface area contributed by atoms with E-state index in [1.54, 1.807) is 13.3 Å². The molecule has 0 aliphatic carbocycles. The number of benzene rings is 2. The van der Waals surface area contributed by atoms with Crippen molar-refractivity contribution in [3.05, 3.63) is 66.5 Å². The summed E-state index contributed by atoms with van der Waals surface area (Å²) in [6, 6.07) is 15.4. The smallest absolute Gasteiger partial charge is 0.230 e. The average Bonchev–Trinajstić information content (AvgIpc) is 3.19. The van der Waals surface area contributed by atoms with E-state index in [2.05, 4.69) is 23.3 Å². The molecule has 0 bridgehead atoms. The number of ether oxygens (including phenoxy) is 2. The molecule has 0 spiro atoms.